The van der Waals surface area contributed by atoms with E-state index < -0.39 is 17.7 Å². The SMILES string of the molecule is COc1ccc(/C(O)=C2/C(=O)C(=O)N(c3ccc(Oc4ccccc4)cc3)C2c2ccco2)cc1. The first-order valence-electron chi connectivity index (χ1n) is 10.9. The van der Waals surface area contributed by atoms with E-state index in [0.29, 0.717) is 34.3 Å². The number of anilines is 1. The lowest BCUT2D eigenvalue weighted by molar-refractivity contribution is -0.132. The number of hydrogen-bond acceptors (Lipinski definition) is 6. The fourth-order valence-electron chi connectivity index (χ4n) is 4.02. The van der Waals surface area contributed by atoms with Crippen LogP contribution in [0, 0.1) is 0 Å². The number of Topliss-reactive ketones (excluding diaryl/α,β-unsaturated/α-hetero) is 1. The molecule has 7 nitrogen and oxygen atoms in total. The summed E-state index contributed by atoms with van der Waals surface area (Å²) in [5.74, 6) is 0.341. The number of benzene rings is 3. The van der Waals surface area contributed by atoms with Crippen LogP contribution in [0.5, 0.6) is 17.2 Å². The quantitative estimate of drug-likeness (QED) is 0.222. The molecule has 4 aromatic rings. The minimum absolute atomic E-state index is 0.0558. The van der Waals surface area contributed by atoms with Crippen molar-refractivity contribution in [2.45, 2.75) is 6.04 Å². The van der Waals surface area contributed by atoms with Crippen molar-refractivity contribution in [2.75, 3.05) is 12.0 Å². The summed E-state index contributed by atoms with van der Waals surface area (Å²) >= 11 is 0. The number of furan rings is 1. The molecule has 0 bridgehead atoms. The van der Waals surface area contributed by atoms with Crippen molar-refractivity contribution in [1.29, 1.82) is 0 Å². The van der Waals surface area contributed by atoms with E-state index in [1.165, 1.54) is 18.3 Å². The standard InChI is InChI=1S/C28H21NO6/c1-33-20-13-9-18(10-14-20)26(30)24-25(23-8-5-17-34-23)29(28(32)27(24)31)19-11-15-22(16-12-19)35-21-6-3-2-4-7-21/h2-17,25,30H,1H3/b26-24-. The van der Waals surface area contributed by atoms with Crippen LogP contribution < -0.4 is 14.4 Å². The number of rotatable bonds is 6. The molecule has 1 saturated heterocycles. The van der Waals surface area contributed by atoms with Gasteiger partial charge in [-0.1, -0.05) is 18.2 Å². The van der Waals surface area contributed by atoms with Crippen LogP contribution in [-0.2, 0) is 9.59 Å². The molecule has 35 heavy (non-hydrogen) atoms. The number of carbonyl (C=O) groups is 2. The number of amides is 1. The third-order valence-corrected chi connectivity index (χ3v) is 5.71. The van der Waals surface area contributed by atoms with Crippen molar-refractivity contribution in [3.8, 4) is 17.2 Å². The Bertz CT molecular complexity index is 1370. The first-order valence-corrected chi connectivity index (χ1v) is 10.9. The molecule has 5 rings (SSSR count). The summed E-state index contributed by atoms with van der Waals surface area (Å²) < 4.78 is 16.6. The first kappa shape index (κ1) is 22.0. The molecule has 1 aliphatic rings. The molecule has 1 N–H and O–H groups in total. The largest absolute Gasteiger partial charge is 0.507 e. The maximum absolute atomic E-state index is 13.2. The van der Waals surface area contributed by atoms with Gasteiger partial charge in [0, 0.05) is 11.3 Å². The van der Waals surface area contributed by atoms with E-state index in [1.54, 1.807) is 60.7 Å². The van der Waals surface area contributed by atoms with Gasteiger partial charge in [-0.05, 0) is 72.8 Å². The lowest BCUT2D eigenvalue weighted by Gasteiger charge is -2.23. The van der Waals surface area contributed by atoms with Gasteiger partial charge in [-0.3, -0.25) is 14.5 Å². The van der Waals surface area contributed by atoms with Crippen LogP contribution >= 0.6 is 0 Å². The van der Waals surface area contributed by atoms with Crippen LogP contribution in [0.25, 0.3) is 5.76 Å². The fourth-order valence-corrected chi connectivity index (χ4v) is 4.02. The molecule has 1 aliphatic heterocycles. The molecule has 1 amide bonds. The van der Waals surface area contributed by atoms with Crippen LogP contribution in [-0.4, -0.2) is 23.9 Å². The van der Waals surface area contributed by atoms with Crippen molar-refractivity contribution >= 4 is 23.1 Å². The summed E-state index contributed by atoms with van der Waals surface area (Å²) in [6, 6.07) is 25.1. The van der Waals surface area contributed by atoms with Crippen molar-refractivity contribution in [3.63, 3.8) is 0 Å². The van der Waals surface area contributed by atoms with Gasteiger partial charge in [-0.15, -0.1) is 0 Å². The maximum atomic E-state index is 13.2. The highest BCUT2D eigenvalue weighted by Gasteiger charge is 2.48. The Labute approximate surface area is 201 Å². The van der Waals surface area contributed by atoms with E-state index in [1.807, 2.05) is 30.3 Å². The third kappa shape index (κ3) is 4.15. The molecule has 1 unspecified atom stereocenters. The van der Waals surface area contributed by atoms with Gasteiger partial charge in [0.15, 0.2) is 0 Å². The predicted octanol–water partition coefficient (Wildman–Crippen LogP) is 5.71. The Morgan fingerprint density at radius 1 is 0.829 bits per heavy atom. The second-order valence-corrected chi connectivity index (χ2v) is 7.82. The van der Waals surface area contributed by atoms with E-state index >= 15 is 0 Å². The van der Waals surface area contributed by atoms with E-state index in [-0.39, 0.29) is 11.3 Å². The van der Waals surface area contributed by atoms with Crippen molar-refractivity contribution < 1.29 is 28.6 Å². The van der Waals surface area contributed by atoms with E-state index in [2.05, 4.69) is 0 Å². The lowest BCUT2D eigenvalue weighted by Crippen LogP contribution is -2.29. The van der Waals surface area contributed by atoms with Crippen molar-refractivity contribution in [3.05, 3.63) is 114 Å². The Morgan fingerprint density at radius 3 is 2.11 bits per heavy atom. The second kappa shape index (κ2) is 9.23. The summed E-state index contributed by atoms with van der Waals surface area (Å²) in [5, 5.41) is 11.1. The van der Waals surface area contributed by atoms with E-state index in [9.17, 15) is 14.7 Å². The summed E-state index contributed by atoms with van der Waals surface area (Å²) in [6.07, 6.45) is 1.46. The molecule has 0 aliphatic carbocycles. The minimum atomic E-state index is -0.937. The molecule has 2 heterocycles. The van der Waals surface area contributed by atoms with Crippen LogP contribution in [0.2, 0.25) is 0 Å². The minimum Gasteiger partial charge on any atom is -0.507 e. The topological polar surface area (TPSA) is 89.2 Å². The van der Waals surface area contributed by atoms with Crippen LogP contribution in [0.15, 0.2) is 107 Å². The molecule has 1 aromatic heterocycles. The van der Waals surface area contributed by atoms with Gasteiger partial charge in [0.25, 0.3) is 11.7 Å². The monoisotopic (exact) mass is 467 g/mol. The zero-order chi connectivity index (χ0) is 24.4. The van der Waals surface area contributed by atoms with Gasteiger partial charge in [-0.25, -0.2) is 0 Å². The zero-order valence-electron chi connectivity index (χ0n) is 18.8. The first-order chi connectivity index (χ1) is 17.1. The smallest absolute Gasteiger partial charge is 0.300 e. The molecule has 174 valence electrons. The summed E-state index contributed by atoms with van der Waals surface area (Å²) in [5.41, 5.74) is 0.786. The van der Waals surface area contributed by atoms with Gasteiger partial charge in [0.05, 0.1) is 18.9 Å². The molecule has 0 saturated carbocycles. The Balaban J connectivity index is 1.54. The second-order valence-electron chi connectivity index (χ2n) is 7.82. The average molecular weight is 467 g/mol. The number of methoxy groups -OCH3 is 1. The number of aliphatic hydroxyl groups is 1. The molecule has 0 spiro atoms. The number of hydrogen-bond donors (Lipinski definition) is 1. The molecule has 0 radical (unpaired) electrons. The van der Waals surface area contributed by atoms with Crippen molar-refractivity contribution in [1.82, 2.24) is 0 Å². The maximum Gasteiger partial charge on any atom is 0.300 e. The van der Waals surface area contributed by atoms with E-state index in [4.69, 9.17) is 13.9 Å². The molecular formula is C28H21NO6. The van der Waals surface area contributed by atoms with Gasteiger partial charge in [-0.2, -0.15) is 0 Å². The zero-order valence-corrected chi connectivity index (χ0v) is 18.8. The number of ether oxygens (including phenoxy) is 2. The fraction of sp³-hybridized carbons (Fsp3) is 0.0714. The van der Waals surface area contributed by atoms with Gasteiger partial charge >= 0.3 is 0 Å². The normalized spacial score (nSPS) is 16.9. The van der Waals surface area contributed by atoms with Gasteiger partial charge < -0.3 is 19.0 Å². The molecule has 1 atom stereocenters. The molecular weight excluding hydrogens is 446 g/mol. The summed E-state index contributed by atoms with van der Waals surface area (Å²) in [4.78, 5) is 27.6. The Kier molecular flexibility index (Phi) is 5.81. The highest BCUT2D eigenvalue weighted by atomic mass is 16.5. The average Bonchev–Trinajstić information content (AvgIpc) is 3.52. The Hall–Kier alpha value is -4.78. The highest BCUT2D eigenvalue weighted by molar-refractivity contribution is 6.51. The summed E-state index contributed by atoms with van der Waals surface area (Å²) in [6.45, 7) is 0. The molecule has 3 aromatic carbocycles. The van der Waals surface area contributed by atoms with Crippen LogP contribution in [0.3, 0.4) is 0 Å². The number of para-hydroxylation sites is 1. The van der Waals surface area contributed by atoms with Crippen LogP contribution in [0.4, 0.5) is 5.69 Å². The van der Waals surface area contributed by atoms with E-state index in [0.717, 1.165) is 0 Å². The summed E-state index contributed by atoms with van der Waals surface area (Å²) in [7, 11) is 1.54. The Morgan fingerprint density at radius 2 is 1.49 bits per heavy atom. The molecule has 1 fully saturated rings. The highest BCUT2D eigenvalue weighted by Crippen LogP contribution is 2.42. The van der Waals surface area contributed by atoms with Gasteiger partial charge in [0.1, 0.15) is 34.8 Å². The molecule has 7 heteroatoms. The predicted molar refractivity (Wildman–Crippen MR) is 129 cm³/mol. The van der Waals surface area contributed by atoms with Gasteiger partial charge in [0.2, 0.25) is 0 Å². The number of carbonyl (C=O) groups excluding carboxylic acids is 2. The number of aliphatic hydroxyl groups excluding tert-OH is 1. The lowest BCUT2D eigenvalue weighted by atomic mass is 9.99. The van der Waals surface area contributed by atoms with Crippen molar-refractivity contribution in [2.24, 2.45) is 0 Å². The third-order valence-electron chi connectivity index (χ3n) is 5.71. The van der Waals surface area contributed by atoms with Crippen LogP contribution in [0.1, 0.15) is 17.4 Å². The number of nitrogens with zero attached hydrogens (tertiary/aromatic N) is 1. The number of ketones is 1.